The van der Waals surface area contributed by atoms with Gasteiger partial charge in [-0.15, -0.1) is 0 Å². The largest absolute Gasteiger partial charge is 0.369 e. The van der Waals surface area contributed by atoms with Crippen LogP contribution in [0.15, 0.2) is 36.7 Å². The zero-order valence-corrected chi connectivity index (χ0v) is 12.5. The summed E-state index contributed by atoms with van der Waals surface area (Å²) in [6, 6.07) is 6.68. The lowest BCUT2D eigenvalue weighted by atomic mass is 10.2. The average molecular weight is 329 g/mol. The van der Waals surface area contributed by atoms with Crippen molar-refractivity contribution >= 4 is 16.8 Å². The van der Waals surface area contributed by atoms with E-state index in [9.17, 15) is 13.6 Å². The standard InChI is InChI=1S/C16H13F2N5O/c17-16(18)6-11(16)12-2-1-3-15(22-12)23-13-4-10(5-14(19)24)20-7-9(13)8-21-23/h1-4,7-8,11H,5-6H2,(H2,19,24). The van der Waals surface area contributed by atoms with Crippen LogP contribution in [0.5, 0.6) is 0 Å². The molecule has 1 aliphatic rings. The zero-order chi connectivity index (χ0) is 16.9. The molecule has 0 spiro atoms. The highest BCUT2D eigenvalue weighted by atomic mass is 19.3. The summed E-state index contributed by atoms with van der Waals surface area (Å²) in [6.07, 6.45) is 3.05. The Morgan fingerprint density at radius 2 is 2.17 bits per heavy atom. The van der Waals surface area contributed by atoms with Gasteiger partial charge in [0.05, 0.1) is 35.4 Å². The van der Waals surface area contributed by atoms with Gasteiger partial charge in [0.2, 0.25) is 5.91 Å². The molecule has 0 saturated heterocycles. The molecule has 3 aromatic heterocycles. The van der Waals surface area contributed by atoms with Crippen LogP contribution in [-0.2, 0) is 11.2 Å². The lowest BCUT2D eigenvalue weighted by molar-refractivity contribution is -0.117. The van der Waals surface area contributed by atoms with Crippen LogP contribution in [0, 0.1) is 0 Å². The number of amides is 1. The maximum absolute atomic E-state index is 13.3. The molecule has 1 saturated carbocycles. The fourth-order valence-electron chi connectivity index (χ4n) is 2.71. The molecule has 3 aromatic rings. The number of hydrogen-bond donors (Lipinski definition) is 1. The minimum absolute atomic E-state index is 0.0168. The molecule has 1 fully saturated rings. The van der Waals surface area contributed by atoms with Crippen LogP contribution >= 0.6 is 0 Å². The number of nitrogens with zero attached hydrogens (tertiary/aromatic N) is 4. The number of halogens is 2. The molecule has 0 aromatic carbocycles. The second-order valence-electron chi connectivity index (χ2n) is 5.87. The molecular weight excluding hydrogens is 316 g/mol. The van der Waals surface area contributed by atoms with Crippen molar-refractivity contribution in [3.8, 4) is 5.82 Å². The third-order valence-electron chi connectivity index (χ3n) is 4.02. The van der Waals surface area contributed by atoms with Crippen molar-refractivity contribution in [2.45, 2.75) is 24.7 Å². The van der Waals surface area contributed by atoms with Crippen LogP contribution in [0.25, 0.3) is 16.7 Å². The second-order valence-corrected chi connectivity index (χ2v) is 5.87. The quantitative estimate of drug-likeness (QED) is 0.793. The van der Waals surface area contributed by atoms with Gasteiger partial charge in [0.15, 0.2) is 5.82 Å². The van der Waals surface area contributed by atoms with Gasteiger partial charge in [-0.3, -0.25) is 9.78 Å². The Morgan fingerprint density at radius 3 is 2.88 bits per heavy atom. The van der Waals surface area contributed by atoms with Crippen LogP contribution in [0.3, 0.4) is 0 Å². The van der Waals surface area contributed by atoms with Gasteiger partial charge in [0, 0.05) is 18.0 Å². The Morgan fingerprint density at radius 1 is 1.38 bits per heavy atom. The number of pyridine rings is 2. The average Bonchev–Trinajstić information content (AvgIpc) is 2.99. The molecule has 8 heteroatoms. The Balaban J connectivity index is 1.76. The topological polar surface area (TPSA) is 86.7 Å². The number of nitrogens with two attached hydrogens (primary N) is 1. The molecule has 1 amide bonds. The van der Waals surface area contributed by atoms with Gasteiger partial charge in [0.25, 0.3) is 5.92 Å². The molecule has 0 aliphatic heterocycles. The minimum Gasteiger partial charge on any atom is -0.369 e. The Kier molecular flexibility index (Phi) is 3.09. The number of primary amides is 1. The molecule has 1 atom stereocenters. The maximum atomic E-state index is 13.3. The third-order valence-corrected chi connectivity index (χ3v) is 4.02. The monoisotopic (exact) mass is 329 g/mol. The molecular formula is C16H13F2N5O. The highest BCUT2D eigenvalue weighted by Gasteiger charge is 2.58. The van der Waals surface area contributed by atoms with E-state index in [4.69, 9.17) is 5.73 Å². The van der Waals surface area contributed by atoms with E-state index in [1.54, 1.807) is 41.3 Å². The molecule has 1 aliphatic carbocycles. The molecule has 0 bridgehead atoms. The van der Waals surface area contributed by atoms with Gasteiger partial charge < -0.3 is 5.73 Å². The predicted molar refractivity (Wildman–Crippen MR) is 81.9 cm³/mol. The summed E-state index contributed by atoms with van der Waals surface area (Å²) in [5, 5.41) is 5.01. The van der Waals surface area contributed by atoms with E-state index in [1.165, 1.54) is 0 Å². The Labute approximate surface area is 135 Å². The first kappa shape index (κ1) is 14.7. The predicted octanol–water partition coefficient (Wildman–Crippen LogP) is 1.97. The molecule has 4 rings (SSSR count). The molecule has 2 N–H and O–H groups in total. The van der Waals surface area contributed by atoms with Gasteiger partial charge in [0.1, 0.15) is 0 Å². The van der Waals surface area contributed by atoms with Crippen molar-refractivity contribution in [2.75, 3.05) is 0 Å². The third kappa shape index (κ3) is 2.49. The SMILES string of the molecule is NC(=O)Cc1cc2c(cn1)cnn2-c1cccc(C2CC2(F)F)n1. The van der Waals surface area contributed by atoms with E-state index in [-0.39, 0.29) is 12.8 Å². The lowest BCUT2D eigenvalue weighted by Gasteiger charge is -2.06. The summed E-state index contributed by atoms with van der Waals surface area (Å²) in [5.74, 6) is -3.53. The van der Waals surface area contributed by atoms with E-state index >= 15 is 0 Å². The van der Waals surface area contributed by atoms with Gasteiger partial charge in [-0.25, -0.2) is 18.4 Å². The van der Waals surface area contributed by atoms with Gasteiger partial charge in [-0.2, -0.15) is 5.10 Å². The van der Waals surface area contributed by atoms with E-state index in [1.807, 2.05) is 0 Å². The zero-order valence-electron chi connectivity index (χ0n) is 12.5. The van der Waals surface area contributed by atoms with Gasteiger partial charge in [-0.1, -0.05) is 6.07 Å². The summed E-state index contributed by atoms with van der Waals surface area (Å²) >= 11 is 0. The van der Waals surface area contributed by atoms with Crippen molar-refractivity contribution in [3.05, 3.63) is 48.0 Å². The lowest BCUT2D eigenvalue weighted by Crippen LogP contribution is -2.14. The van der Waals surface area contributed by atoms with Crippen LogP contribution in [0.2, 0.25) is 0 Å². The highest BCUT2D eigenvalue weighted by Crippen LogP contribution is 2.55. The second kappa shape index (κ2) is 5.05. The highest BCUT2D eigenvalue weighted by molar-refractivity contribution is 5.81. The maximum Gasteiger partial charge on any atom is 0.257 e. The van der Waals surface area contributed by atoms with Crippen LogP contribution in [0.4, 0.5) is 8.78 Å². The number of fused-ring (bicyclic) bond motifs is 1. The molecule has 0 radical (unpaired) electrons. The number of alkyl halides is 2. The van der Waals surface area contributed by atoms with E-state index in [0.29, 0.717) is 22.7 Å². The number of hydrogen-bond acceptors (Lipinski definition) is 4. The summed E-state index contributed by atoms with van der Waals surface area (Å²) in [4.78, 5) is 19.5. The number of aromatic nitrogens is 4. The van der Waals surface area contributed by atoms with E-state index in [2.05, 4.69) is 15.1 Å². The molecule has 6 nitrogen and oxygen atoms in total. The van der Waals surface area contributed by atoms with Gasteiger partial charge in [-0.05, 0) is 18.2 Å². The summed E-state index contributed by atoms with van der Waals surface area (Å²) in [5.41, 5.74) is 6.75. The summed E-state index contributed by atoms with van der Waals surface area (Å²) in [7, 11) is 0. The summed E-state index contributed by atoms with van der Waals surface area (Å²) < 4.78 is 28.1. The smallest absolute Gasteiger partial charge is 0.257 e. The van der Waals surface area contributed by atoms with E-state index in [0.717, 1.165) is 5.39 Å². The van der Waals surface area contributed by atoms with Crippen LogP contribution in [0.1, 0.15) is 23.7 Å². The molecule has 24 heavy (non-hydrogen) atoms. The molecule has 122 valence electrons. The fraction of sp³-hybridized carbons (Fsp3) is 0.250. The number of carbonyl (C=O) groups is 1. The Bertz CT molecular complexity index is 953. The number of carbonyl (C=O) groups excluding carboxylic acids is 1. The van der Waals surface area contributed by atoms with Crippen LogP contribution in [-0.4, -0.2) is 31.6 Å². The first-order valence-corrected chi connectivity index (χ1v) is 7.40. The van der Waals surface area contributed by atoms with Crippen molar-refractivity contribution in [3.63, 3.8) is 0 Å². The van der Waals surface area contributed by atoms with Crippen molar-refractivity contribution in [1.29, 1.82) is 0 Å². The summed E-state index contributed by atoms with van der Waals surface area (Å²) in [6.45, 7) is 0. The van der Waals surface area contributed by atoms with Crippen LogP contribution < -0.4 is 5.73 Å². The molecule has 3 heterocycles. The van der Waals surface area contributed by atoms with Crippen molar-refractivity contribution in [1.82, 2.24) is 19.7 Å². The van der Waals surface area contributed by atoms with E-state index < -0.39 is 17.7 Å². The van der Waals surface area contributed by atoms with Gasteiger partial charge >= 0.3 is 0 Å². The Hall–Kier alpha value is -2.90. The van der Waals surface area contributed by atoms with Crippen molar-refractivity contribution < 1.29 is 13.6 Å². The first-order chi connectivity index (χ1) is 11.4. The normalized spacial score (nSPS) is 18.7. The first-order valence-electron chi connectivity index (χ1n) is 7.40. The molecule has 1 unspecified atom stereocenters. The fourth-order valence-corrected chi connectivity index (χ4v) is 2.71. The minimum atomic E-state index is -2.67. The van der Waals surface area contributed by atoms with Crippen molar-refractivity contribution in [2.24, 2.45) is 5.73 Å². The number of rotatable bonds is 4.